The quantitative estimate of drug-likeness (QED) is 0.205. The van der Waals surface area contributed by atoms with E-state index in [1.807, 2.05) is 60.7 Å². The van der Waals surface area contributed by atoms with Crippen LogP contribution in [0, 0.1) is 0 Å². The van der Waals surface area contributed by atoms with Gasteiger partial charge in [0, 0.05) is 25.2 Å². The smallest absolute Gasteiger partial charge is 0.416 e. The molecule has 3 rings (SSSR count). The summed E-state index contributed by atoms with van der Waals surface area (Å²) in [6.07, 6.45) is -1.63. The van der Waals surface area contributed by atoms with Gasteiger partial charge in [-0.15, -0.1) is 0 Å². The van der Waals surface area contributed by atoms with E-state index in [1.165, 1.54) is 24.4 Å². The van der Waals surface area contributed by atoms with Crippen LogP contribution in [0.4, 0.5) is 4.79 Å². The summed E-state index contributed by atoms with van der Waals surface area (Å²) >= 11 is 0. The third-order valence-electron chi connectivity index (χ3n) is 6.41. The number of amides is 2. The molecule has 3 unspecified atom stereocenters. The largest absolute Gasteiger partial charge is 0.445 e. The molecule has 0 aliphatic carbocycles. The molecule has 10 heteroatoms. The molecule has 0 aliphatic heterocycles. The van der Waals surface area contributed by atoms with E-state index in [9.17, 15) is 24.9 Å². The van der Waals surface area contributed by atoms with Gasteiger partial charge in [0.25, 0.3) is 5.91 Å². The van der Waals surface area contributed by atoms with Gasteiger partial charge in [-0.25, -0.2) is 9.69 Å². The predicted octanol–water partition coefficient (Wildman–Crippen LogP) is 1.99. The van der Waals surface area contributed by atoms with Crippen molar-refractivity contribution >= 4 is 12.0 Å². The minimum absolute atomic E-state index is 0.194. The highest BCUT2D eigenvalue weighted by Crippen LogP contribution is 2.27. The zero-order chi connectivity index (χ0) is 28.3. The van der Waals surface area contributed by atoms with Crippen molar-refractivity contribution in [2.24, 2.45) is 11.5 Å². The lowest BCUT2D eigenvalue weighted by atomic mass is 9.95. The van der Waals surface area contributed by atoms with Crippen molar-refractivity contribution in [3.63, 3.8) is 0 Å². The van der Waals surface area contributed by atoms with Gasteiger partial charge < -0.3 is 31.5 Å². The van der Waals surface area contributed by atoms with Gasteiger partial charge in [-0.3, -0.25) is 9.78 Å². The second-order valence-electron chi connectivity index (χ2n) is 9.24. The molecule has 208 valence electrons. The molecular formula is C29H36N4O6. The van der Waals surface area contributed by atoms with Crippen molar-refractivity contribution in [2.75, 3.05) is 13.1 Å². The first-order valence-corrected chi connectivity index (χ1v) is 12.8. The number of benzene rings is 2. The Bertz CT molecular complexity index is 1170. The Kier molecular flexibility index (Phi) is 11.1. The maximum absolute atomic E-state index is 13.7. The van der Waals surface area contributed by atoms with Crippen molar-refractivity contribution in [1.29, 1.82) is 0 Å². The van der Waals surface area contributed by atoms with Crippen molar-refractivity contribution in [1.82, 2.24) is 9.88 Å². The van der Waals surface area contributed by atoms with Crippen LogP contribution < -0.4 is 11.5 Å². The van der Waals surface area contributed by atoms with Crippen LogP contribution >= 0.6 is 0 Å². The lowest BCUT2D eigenvalue weighted by Gasteiger charge is -2.33. The highest BCUT2D eigenvalue weighted by atomic mass is 16.6. The molecule has 3 atom stereocenters. The zero-order valence-corrected chi connectivity index (χ0v) is 21.7. The van der Waals surface area contributed by atoms with Gasteiger partial charge in [-0.05, 0) is 49.1 Å². The van der Waals surface area contributed by atoms with E-state index in [-0.39, 0.29) is 31.2 Å². The number of aromatic nitrogens is 1. The Balaban J connectivity index is 1.84. The zero-order valence-electron chi connectivity index (χ0n) is 21.7. The average Bonchev–Trinajstić information content (AvgIpc) is 2.95. The van der Waals surface area contributed by atoms with Crippen LogP contribution in [0.25, 0.3) is 0 Å². The summed E-state index contributed by atoms with van der Waals surface area (Å²) in [6.45, 7) is 0.0403. The monoisotopic (exact) mass is 536 g/mol. The van der Waals surface area contributed by atoms with Crippen LogP contribution in [-0.2, 0) is 21.6 Å². The minimum atomic E-state index is -2.91. The molecule has 1 heterocycles. The number of nitrogens with two attached hydrogens (primary N) is 2. The van der Waals surface area contributed by atoms with Gasteiger partial charge in [0.2, 0.25) is 5.60 Å². The maximum atomic E-state index is 13.7. The van der Waals surface area contributed by atoms with E-state index >= 15 is 0 Å². The number of ether oxygens (including phenoxy) is 1. The number of rotatable bonds is 13. The molecule has 0 saturated carbocycles. The van der Waals surface area contributed by atoms with Crippen LogP contribution in [0.1, 0.15) is 42.1 Å². The van der Waals surface area contributed by atoms with Crippen molar-refractivity contribution in [3.8, 4) is 0 Å². The summed E-state index contributed by atoms with van der Waals surface area (Å²) in [7, 11) is 0. The molecule has 10 nitrogen and oxygen atoms in total. The summed E-state index contributed by atoms with van der Waals surface area (Å²) in [6, 6.07) is 22.6. The molecule has 7 N–H and O–H groups in total. The van der Waals surface area contributed by atoms with Crippen LogP contribution in [0.3, 0.4) is 0 Å². The molecule has 0 spiro atoms. The molecule has 0 bridgehead atoms. The third-order valence-corrected chi connectivity index (χ3v) is 6.41. The number of imide groups is 1. The topological polar surface area (TPSA) is 172 Å². The Labute approximate surface area is 227 Å². The molecule has 0 radical (unpaired) electrons. The van der Waals surface area contributed by atoms with Gasteiger partial charge in [-0.1, -0.05) is 66.7 Å². The van der Waals surface area contributed by atoms with Gasteiger partial charge >= 0.3 is 6.09 Å². The van der Waals surface area contributed by atoms with E-state index in [0.29, 0.717) is 24.2 Å². The molecule has 1 aromatic heterocycles. The minimum Gasteiger partial charge on any atom is -0.445 e. The summed E-state index contributed by atoms with van der Waals surface area (Å²) in [5, 5.41) is 31.4. The number of nitrogens with zero attached hydrogens (tertiary/aromatic N) is 2. The molecule has 2 amide bonds. The third kappa shape index (κ3) is 7.92. The molecular weight excluding hydrogens is 500 g/mol. The maximum Gasteiger partial charge on any atom is 0.416 e. The number of pyridine rings is 1. The van der Waals surface area contributed by atoms with E-state index in [4.69, 9.17) is 16.2 Å². The fraction of sp³-hybridized carbons (Fsp3) is 0.345. The van der Waals surface area contributed by atoms with Gasteiger partial charge in [-0.2, -0.15) is 0 Å². The second kappa shape index (κ2) is 14.5. The first kappa shape index (κ1) is 29.9. The van der Waals surface area contributed by atoms with Crippen LogP contribution in [0.2, 0.25) is 0 Å². The number of carbonyl (C=O) groups excluding carboxylic acids is 2. The van der Waals surface area contributed by atoms with Gasteiger partial charge in [0.05, 0.1) is 5.69 Å². The predicted molar refractivity (Wildman–Crippen MR) is 145 cm³/mol. The summed E-state index contributed by atoms with van der Waals surface area (Å²) in [4.78, 5) is 31.7. The molecule has 39 heavy (non-hydrogen) atoms. The summed E-state index contributed by atoms with van der Waals surface area (Å²) < 4.78 is 5.69. The Morgan fingerprint density at radius 3 is 2.18 bits per heavy atom. The van der Waals surface area contributed by atoms with Crippen LogP contribution in [-0.4, -0.2) is 62.7 Å². The lowest BCUT2D eigenvalue weighted by Crippen LogP contribution is -2.56. The highest BCUT2D eigenvalue weighted by molar-refractivity contribution is 5.97. The lowest BCUT2D eigenvalue weighted by molar-refractivity contribution is -0.205. The van der Waals surface area contributed by atoms with Crippen molar-refractivity contribution in [3.05, 3.63) is 102 Å². The SMILES string of the molecule is NCCC(Cc1ccccc1)OC(=O)N(CCCC(N)c1ccccc1)C(=O)C(O)(c1ccccn1)C(O)O. The van der Waals surface area contributed by atoms with E-state index in [1.54, 1.807) is 0 Å². The Morgan fingerprint density at radius 1 is 0.949 bits per heavy atom. The molecule has 2 aromatic carbocycles. The Hall–Kier alpha value is -3.67. The van der Waals surface area contributed by atoms with E-state index in [2.05, 4.69) is 4.98 Å². The first-order valence-electron chi connectivity index (χ1n) is 12.8. The standard InChI is InChI=1S/C29H36N4O6/c30-17-16-23(20-21-10-3-1-4-11-21)39-28(37)33(19-9-14-24(31)22-12-5-2-6-13-22)26(34)29(38,27(35)36)25-15-7-8-18-32-25/h1-8,10-13,15,18,23-24,27,35-36,38H,9,14,16-17,19-20,30-31H2. The molecule has 0 aliphatic rings. The van der Waals surface area contributed by atoms with Crippen LogP contribution in [0.15, 0.2) is 85.1 Å². The number of hydrogen-bond acceptors (Lipinski definition) is 9. The fourth-order valence-corrected chi connectivity index (χ4v) is 4.23. The van der Waals surface area contributed by atoms with E-state index in [0.717, 1.165) is 11.1 Å². The average molecular weight is 537 g/mol. The highest BCUT2D eigenvalue weighted by Gasteiger charge is 2.50. The second-order valence-corrected chi connectivity index (χ2v) is 9.24. The van der Waals surface area contributed by atoms with Crippen molar-refractivity contribution in [2.45, 2.75) is 49.7 Å². The number of aliphatic hydroxyl groups is 3. The summed E-state index contributed by atoms with van der Waals surface area (Å²) in [5.74, 6) is -1.28. The molecule has 0 fully saturated rings. The molecule has 3 aromatic rings. The number of hydrogen-bond donors (Lipinski definition) is 5. The number of carbonyl (C=O) groups is 2. The van der Waals surface area contributed by atoms with Crippen LogP contribution in [0.5, 0.6) is 0 Å². The fourth-order valence-electron chi connectivity index (χ4n) is 4.23. The Morgan fingerprint density at radius 2 is 1.59 bits per heavy atom. The van der Waals surface area contributed by atoms with E-state index < -0.39 is 30.0 Å². The van der Waals surface area contributed by atoms with Gasteiger partial charge in [0.1, 0.15) is 6.10 Å². The number of aliphatic hydroxyl groups excluding tert-OH is 1. The molecule has 0 saturated heterocycles. The normalized spacial score (nSPS) is 14.3. The first-order chi connectivity index (χ1) is 18.8. The summed E-state index contributed by atoms with van der Waals surface area (Å²) in [5.41, 5.74) is 10.6. The van der Waals surface area contributed by atoms with Crippen molar-refractivity contribution < 1.29 is 29.6 Å². The van der Waals surface area contributed by atoms with Gasteiger partial charge in [0.15, 0.2) is 6.29 Å².